The second kappa shape index (κ2) is 5.76. The molecule has 2 nitrogen and oxygen atoms in total. The second-order valence-electron chi connectivity index (χ2n) is 4.22. The molecule has 0 saturated heterocycles. The van der Waals surface area contributed by atoms with Crippen LogP contribution in [0.4, 0.5) is 5.69 Å². The predicted molar refractivity (Wildman–Crippen MR) is 81.8 cm³/mol. The van der Waals surface area contributed by atoms with Crippen molar-refractivity contribution in [3.63, 3.8) is 0 Å². The highest BCUT2D eigenvalue weighted by Gasteiger charge is 2.08. The smallest absolute Gasteiger partial charge is 0.121 e. The van der Waals surface area contributed by atoms with E-state index in [2.05, 4.69) is 52.6 Å². The Morgan fingerprint density at radius 2 is 2.11 bits per heavy atom. The van der Waals surface area contributed by atoms with Crippen molar-refractivity contribution in [1.82, 2.24) is 0 Å². The fourth-order valence-corrected chi connectivity index (χ4v) is 3.30. The first-order valence-electron chi connectivity index (χ1n) is 5.75. The molecule has 0 fully saturated rings. The number of anilines is 1. The normalized spacial score (nSPS) is 12.2. The Kier molecular flexibility index (Phi) is 4.30. The molecule has 0 aliphatic rings. The van der Waals surface area contributed by atoms with Crippen molar-refractivity contribution in [2.75, 3.05) is 12.4 Å². The summed E-state index contributed by atoms with van der Waals surface area (Å²) in [5.74, 6) is 0.923. The molecule has 2 aromatic rings. The van der Waals surface area contributed by atoms with Crippen molar-refractivity contribution in [1.29, 1.82) is 0 Å². The van der Waals surface area contributed by atoms with Crippen molar-refractivity contribution in [2.45, 2.75) is 19.9 Å². The fraction of sp³-hybridized carbons (Fsp3) is 0.286. The lowest BCUT2D eigenvalue weighted by Gasteiger charge is -2.15. The average molecular weight is 326 g/mol. The van der Waals surface area contributed by atoms with Gasteiger partial charge in [0.15, 0.2) is 0 Å². The molecule has 1 aromatic heterocycles. The lowest BCUT2D eigenvalue weighted by Crippen LogP contribution is -2.05. The zero-order valence-corrected chi connectivity index (χ0v) is 13.1. The van der Waals surface area contributed by atoms with E-state index in [1.54, 1.807) is 18.4 Å². The summed E-state index contributed by atoms with van der Waals surface area (Å²) in [6, 6.07) is 8.60. The van der Waals surface area contributed by atoms with Crippen molar-refractivity contribution in [3.05, 3.63) is 44.6 Å². The van der Waals surface area contributed by atoms with Crippen LogP contribution in [0.25, 0.3) is 0 Å². The number of rotatable bonds is 4. The Morgan fingerprint density at radius 3 is 2.67 bits per heavy atom. The van der Waals surface area contributed by atoms with E-state index < -0.39 is 0 Å². The van der Waals surface area contributed by atoms with Gasteiger partial charge in [0.2, 0.25) is 0 Å². The number of thiophene rings is 1. The number of halogens is 1. The number of aryl methyl sites for hydroxylation is 1. The minimum atomic E-state index is 0.300. The summed E-state index contributed by atoms with van der Waals surface area (Å²) in [6.45, 7) is 4.22. The molecule has 0 radical (unpaired) electrons. The van der Waals surface area contributed by atoms with Crippen LogP contribution >= 0.6 is 27.3 Å². The van der Waals surface area contributed by atoms with E-state index in [1.807, 2.05) is 12.1 Å². The van der Waals surface area contributed by atoms with Gasteiger partial charge in [0, 0.05) is 20.4 Å². The Labute approximate surface area is 120 Å². The van der Waals surface area contributed by atoms with E-state index in [9.17, 15) is 0 Å². The molecule has 1 unspecified atom stereocenters. The lowest BCUT2D eigenvalue weighted by atomic mass is 10.2. The van der Waals surface area contributed by atoms with E-state index in [0.717, 1.165) is 21.5 Å². The van der Waals surface area contributed by atoms with Crippen LogP contribution in [0.5, 0.6) is 5.75 Å². The maximum Gasteiger partial charge on any atom is 0.121 e. The quantitative estimate of drug-likeness (QED) is 0.853. The molecule has 1 heterocycles. The minimum absolute atomic E-state index is 0.300. The minimum Gasteiger partial charge on any atom is -0.496 e. The van der Waals surface area contributed by atoms with Crippen molar-refractivity contribution in [3.8, 4) is 5.75 Å². The molecule has 0 spiro atoms. The van der Waals surface area contributed by atoms with Gasteiger partial charge in [0.25, 0.3) is 0 Å². The van der Waals surface area contributed by atoms with Gasteiger partial charge in [-0.1, -0.05) is 0 Å². The molecule has 96 valence electrons. The van der Waals surface area contributed by atoms with E-state index in [4.69, 9.17) is 4.74 Å². The van der Waals surface area contributed by atoms with Crippen LogP contribution < -0.4 is 10.1 Å². The summed E-state index contributed by atoms with van der Waals surface area (Å²) in [5.41, 5.74) is 2.26. The number of ether oxygens (including phenoxy) is 1. The van der Waals surface area contributed by atoms with Crippen LogP contribution in [0.15, 0.2) is 34.1 Å². The van der Waals surface area contributed by atoms with Crippen LogP contribution in [0, 0.1) is 6.92 Å². The van der Waals surface area contributed by atoms with Gasteiger partial charge < -0.3 is 10.1 Å². The van der Waals surface area contributed by atoms with Gasteiger partial charge >= 0.3 is 0 Å². The Morgan fingerprint density at radius 1 is 1.33 bits per heavy atom. The fourth-order valence-electron chi connectivity index (χ4n) is 1.84. The maximum atomic E-state index is 5.26. The monoisotopic (exact) mass is 325 g/mol. The molecule has 4 heteroatoms. The zero-order valence-electron chi connectivity index (χ0n) is 10.7. The van der Waals surface area contributed by atoms with Crippen molar-refractivity contribution in [2.24, 2.45) is 0 Å². The van der Waals surface area contributed by atoms with Crippen LogP contribution in [0.2, 0.25) is 0 Å². The number of benzene rings is 1. The average Bonchev–Trinajstić information content (AvgIpc) is 2.76. The van der Waals surface area contributed by atoms with E-state index >= 15 is 0 Å². The summed E-state index contributed by atoms with van der Waals surface area (Å²) in [6.07, 6.45) is 0. The second-order valence-corrected chi connectivity index (χ2v) is 6.08. The molecule has 2 rings (SSSR count). The highest BCUT2D eigenvalue weighted by atomic mass is 79.9. The molecule has 1 atom stereocenters. The lowest BCUT2D eigenvalue weighted by molar-refractivity contribution is 0.412. The third-order valence-corrected chi connectivity index (χ3v) is 4.67. The van der Waals surface area contributed by atoms with Crippen LogP contribution in [0.3, 0.4) is 0 Å². The summed E-state index contributed by atoms with van der Waals surface area (Å²) >= 11 is 5.24. The molecule has 0 bridgehead atoms. The summed E-state index contributed by atoms with van der Waals surface area (Å²) in [5, 5.41) is 5.60. The largest absolute Gasteiger partial charge is 0.496 e. The molecular formula is C14H16BrNOS. The Balaban J connectivity index is 2.12. The van der Waals surface area contributed by atoms with Crippen LogP contribution in [-0.2, 0) is 0 Å². The summed E-state index contributed by atoms with van der Waals surface area (Å²) < 4.78 is 6.40. The molecule has 18 heavy (non-hydrogen) atoms. The van der Waals surface area contributed by atoms with Gasteiger partial charge in [-0.25, -0.2) is 0 Å². The van der Waals surface area contributed by atoms with Gasteiger partial charge in [-0.15, -0.1) is 11.3 Å². The van der Waals surface area contributed by atoms with Gasteiger partial charge in [0.05, 0.1) is 13.2 Å². The highest BCUT2D eigenvalue weighted by molar-refractivity contribution is 9.10. The molecule has 0 saturated carbocycles. The first kappa shape index (κ1) is 13.4. The van der Waals surface area contributed by atoms with E-state index in [1.165, 1.54) is 4.88 Å². The SMILES string of the molecule is COc1ccc(NC(C)c2cc(Br)cs2)cc1C. The molecular weight excluding hydrogens is 310 g/mol. The Bertz CT molecular complexity index is 538. The molecule has 0 aliphatic heterocycles. The molecule has 0 aliphatic carbocycles. The maximum absolute atomic E-state index is 5.26. The number of hydrogen-bond acceptors (Lipinski definition) is 3. The van der Waals surface area contributed by atoms with Crippen molar-refractivity contribution < 1.29 is 4.74 Å². The Hall–Kier alpha value is -1.00. The molecule has 1 N–H and O–H groups in total. The van der Waals surface area contributed by atoms with E-state index in [0.29, 0.717) is 6.04 Å². The molecule has 1 aromatic carbocycles. The zero-order chi connectivity index (χ0) is 13.1. The third kappa shape index (κ3) is 3.06. The highest BCUT2D eigenvalue weighted by Crippen LogP contribution is 2.29. The first-order chi connectivity index (χ1) is 8.60. The number of methoxy groups -OCH3 is 1. The van der Waals surface area contributed by atoms with Gasteiger partial charge in [-0.2, -0.15) is 0 Å². The summed E-state index contributed by atoms with van der Waals surface area (Å²) in [7, 11) is 1.70. The third-order valence-electron chi connectivity index (χ3n) is 2.79. The van der Waals surface area contributed by atoms with Crippen LogP contribution in [-0.4, -0.2) is 7.11 Å². The summed E-state index contributed by atoms with van der Waals surface area (Å²) in [4.78, 5) is 1.32. The van der Waals surface area contributed by atoms with Gasteiger partial charge in [0.1, 0.15) is 5.75 Å². The van der Waals surface area contributed by atoms with Crippen LogP contribution in [0.1, 0.15) is 23.4 Å². The predicted octanol–water partition coefficient (Wildman–Crippen LogP) is 5.00. The van der Waals surface area contributed by atoms with Gasteiger partial charge in [-0.05, 0) is 59.6 Å². The topological polar surface area (TPSA) is 21.3 Å². The molecule has 0 amide bonds. The number of hydrogen-bond donors (Lipinski definition) is 1. The standard InChI is InChI=1S/C14H16BrNOS/c1-9-6-12(4-5-13(9)17-3)16-10(2)14-7-11(15)8-18-14/h4-8,10,16H,1-3H3. The van der Waals surface area contributed by atoms with Gasteiger partial charge in [-0.3, -0.25) is 0 Å². The number of nitrogens with one attached hydrogen (secondary N) is 1. The van der Waals surface area contributed by atoms with Crippen molar-refractivity contribution >= 4 is 33.0 Å². The van der Waals surface area contributed by atoms with E-state index in [-0.39, 0.29) is 0 Å². The first-order valence-corrected chi connectivity index (χ1v) is 7.42.